The highest BCUT2D eigenvalue weighted by Crippen LogP contribution is 2.41. The Kier molecular flexibility index (Phi) is 4.41. The van der Waals surface area contributed by atoms with Crippen LogP contribution in [0.5, 0.6) is 0 Å². The third kappa shape index (κ3) is 3.04. The maximum Gasteiger partial charge on any atom is 0.175 e. The van der Waals surface area contributed by atoms with Crippen molar-refractivity contribution in [2.24, 2.45) is 0 Å². The molecule has 1 fully saturated rings. The molecule has 1 aliphatic carbocycles. The molecule has 0 unspecified atom stereocenters. The molecule has 0 saturated heterocycles. The number of rotatable bonds is 2. The SMILES string of the molecule is Nc1noc(C2CCCCCC2)c1-c1ccc(Cl)c(Cl)c1. The van der Waals surface area contributed by atoms with Gasteiger partial charge in [0.25, 0.3) is 0 Å². The summed E-state index contributed by atoms with van der Waals surface area (Å²) in [6.45, 7) is 0. The van der Waals surface area contributed by atoms with Crippen LogP contribution in [0.15, 0.2) is 22.7 Å². The van der Waals surface area contributed by atoms with Crippen molar-refractivity contribution in [3.63, 3.8) is 0 Å². The van der Waals surface area contributed by atoms with E-state index in [0.717, 1.165) is 29.7 Å². The minimum atomic E-state index is 0.391. The fraction of sp³-hybridized carbons (Fsp3) is 0.438. The average Bonchev–Trinajstić information content (AvgIpc) is 2.69. The van der Waals surface area contributed by atoms with Crippen LogP contribution in [0.25, 0.3) is 11.1 Å². The van der Waals surface area contributed by atoms with Crippen LogP contribution in [0.3, 0.4) is 0 Å². The topological polar surface area (TPSA) is 52.0 Å². The van der Waals surface area contributed by atoms with Crippen LogP contribution in [0.2, 0.25) is 10.0 Å². The summed E-state index contributed by atoms with van der Waals surface area (Å²) in [5, 5.41) is 5.03. The Morgan fingerprint density at radius 1 is 1.05 bits per heavy atom. The van der Waals surface area contributed by atoms with Gasteiger partial charge < -0.3 is 10.3 Å². The smallest absolute Gasteiger partial charge is 0.175 e. The van der Waals surface area contributed by atoms with Crippen molar-refractivity contribution in [2.45, 2.75) is 44.4 Å². The molecule has 2 aromatic rings. The number of nitrogen functional groups attached to an aromatic ring is 1. The maximum absolute atomic E-state index is 6.12. The largest absolute Gasteiger partial charge is 0.380 e. The van der Waals surface area contributed by atoms with Crippen molar-refractivity contribution in [2.75, 3.05) is 5.73 Å². The zero-order chi connectivity index (χ0) is 14.8. The molecule has 0 aliphatic heterocycles. The highest BCUT2D eigenvalue weighted by molar-refractivity contribution is 6.42. The molecule has 1 aliphatic rings. The first-order chi connectivity index (χ1) is 10.2. The fourth-order valence-electron chi connectivity index (χ4n) is 3.08. The zero-order valence-corrected chi connectivity index (χ0v) is 13.3. The monoisotopic (exact) mass is 324 g/mol. The van der Waals surface area contributed by atoms with Gasteiger partial charge in [0.15, 0.2) is 5.82 Å². The van der Waals surface area contributed by atoms with Crippen molar-refractivity contribution < 1.29 is 4.52 Å². The number of nitrogens with zero attached hydrogens (tertiary/aromatic N) is 1. The second kappa shape index (κ2) is 6.29. The Labute approximate surface area is 134 Å². The molecular weight excluding hydrogens is 307 g/mol. The van der Waals surface area contributed by atoms with Crippen LogP contribution in [0.4, 0.5) is 5.82 Å². The molecule has 3 rings (SSSR count). The number of aromatic nitrogens is 1. The number of anilines is 1. The molecule has 1 heterocycles. The first-order valence-electron chi connectivity index (χ1n) is 7.37. The quantitative estimate of drug-likeness (QED) is 0.724. The molecule has 112 valence electrons. The van der Waals surface area contributed by atoms with E-state index in [9.17, 15) is 0 Å². The van der Waals surface area contributed by atoms with E-state index in [1.165, 1.54) is 25.7 Å². The minimum absolute atomic E-state index is 0.391. The number of benzene rings is 1. The summed E-state index contributed by atoms with van der Waals surface area (Å²) in [5.74, 6) is 1.71. The van der Waals surface area contributed by atoms with E-state index in [0.29, 0.717) is 21.8 Å². The Bertz CT molecular complexity index is 631. The average molecular weight is 325 g/mol. The van der Waals surface area contributed by atoms with E-state index >= 15 is 0 Å². The Morgan fingerprint density at radius 3 is 2.43 bits per heavy atom. The standard InChI is InChI=1S/C16H18Cl2N2O/c17-12-8-7-11(9-13(12)18)14-15(21-20-16(14)19)10-5-3-1-2-4-6-10/h7-10H,1-6H2,(H2,19,20). The van der Waals surface area contributed by atoms with E-state index < -0.39 is 0 Å². The zero-order valence-electron chi connectivity index (χ0n) is 11.7. The molecule has 5 heteroatoms. The van der Waals surface area contributed by atoms with Crippen molar-refractivity contribution >= 4 is 29.0 Å². The van der Waals surface area contributed by atoms with Gasteiger partial charge in [-0.25, -0.2) is 0 Å². The minimum Gasteiger partial charge on any atom is -0.380 e. The van der Waals surface area contributed by atoms with Gasteiger partial charge in [0.05, 0.1) is 15.6 Å². The second-order valence-corrected chi connectivity index (χ2v) is 6.44. The first kappa shape index (κ1) is 14.7. The van der Waals surface area contributed by atoms with Gasteiger partial charge in [-0.2, -0.15) is 0 Å². The van der Waals surface area contributed by atoms with Crippen LogP contribution >= 0.6 is 23.2 Å². The Morgan fingerprint density at radius 2 is 1.76 bits per heavy atom. The molecule has 0 spiro atoms. The summed E-state index contributed by atoms with van der Waals surface area (Å²) < 4.78 is 5.56. The molecule has 0 atom stereocenters. The van der Waals surface area contributed by atoms with E-state index in [1.54, 1.807) is 6.07 Å². The summed E-state index contributed by atoms with van der Waals surface area (Å²) >= 11 is 12.1. The van der Waals surface area contributed by atoms with Gasteiger partial charge in [-0.15, -0.1) is 0 Å². The van der Waals surface area contributed by atoms with Crippen LogP contribution in [0.1, 0.15) is 50.2 Å². The molecule has 0 amide bonds. The van der Waals surface area contributed by atoms with Gasteiger partial charge in [0.2, 0.25) is 0 Å². The van der Waals surface area contributed by atoms with Crippen molar-refractivity contribution in [1.29, 1.82) is 0 Å². The lowest BCUT2D eigenvalue weighted by Crippen LogP contribution is -1.98. The van der Waals surface area contributed by atoms with E-state index in [2.05, 4.69) is 5.16 Å². The van der Waals surface area contributed by atoms with Crippen LogP contribution in [0, 0.1) is 0 Å². The molecule has 3 nitrogen and oxygen atoms in total. The van der Waals surface area contributed by atoms with Gasteiger partial charge >= 0.3 is 0 Å². The van der Waals surface area contributed by atoms with Crippen LogP contribution < -0.4 is 5.73 Å². The van der Waals surface area contributed by atoms with Crippen molar-refractivity contribution in [3.8, 4) is 11.1 Å². The van der Waals surface area contributed by atoms with Crippen LogP contribution in [-0.4, -0.2) is 5.16 Å². The van der Waals surface area contributed by atoms with Gasteiger partial charge in [-0.1, -0.05) is 60.1 Å². The third-order valence-electron chi connectivity index (χ3n) is 4.18. The number of nitrogens with two attached hydrogens (primary N) is 1. The predicted molar refractivity (Wildman–Crippen MR) is 86.8 cm³/mol. The number of halogens is 2. The third-order valence-corrected chi connectivity index (χ3v) is 4.92. The van der Waals surface area contributed by atoms with Gasteiger partial charge in [0, 0.05) is 5.92 Å². The lowest BCUT2D eigenvalue weighted by molar-refractivity contribution is 0.350. The fourth-order valence-corrected chi connectivity index (χ4v) is 3.38. The lowest BCUT2D eigenvalue weighted by Gasteiger charge is -2.12. The molecular formula is C16H18Cl2N2O. The van der Waals surface area contributed by atoms with E-state index in [4.69, 9.17) is 33.5 Å². The highest BCUT2D eigenvalue weighted by atomic mass is 35.5. The van der Waals surface area contributed by atoms with Crippen molar-refractivity contribution in [1.82, 2.24) is 5.16 Å². The molecule has 0 bridgehead atoms. The molecule has 2 N–H and O–H groups in total. The van der Waals surface area contributed by atoms with E-state index in [1.807, 2.05) is 12.1 Å². The molecule has 1 aromatic carbocycles. The molecule has 1 aromatic heterocycles. The highest BCUT2D eigenvalue weighted by Gasteiger charge is 2.25. The van der Waals surface area contributed by atoms with E-state index in [-0.39, 0.29) is 0 Å². The number of hydrogen-bond donors (Lipinski definition) is 1. The summed E-state index contributed by atoms with van der Waals surface area (Å²) in [6.07, 6.45) is 7.30. The predicted octanol–water partition coefficient (Wildman–Crippen LogP) is 5.67. The maximum atomic E-state index is 6.12. The summed E-state index contributed by atoms with van der Waals surface area (Å²) in [6, 6.07) is 5.52. The van der Waals surface area contributed by atoms with Crippen LogP contribution in [-0.2, 0) is 0 Å². The number of hydrogen-bond acceptors (Lipinski definition) is 3. The summed E-state index contributed by atoms with van der Waals surface area (Å²) in [5.41, 5.74) is 7.82. The Hall–Kier alpha value is -1.19. The summed E-state index contributed by atoms with van der Waals surface area (Å²) in [7, 11) is 0. The molecule has 21 heavy (non-hydrogen) atoms. The molecule has 0 radical (unpaired) electrons. The van der Waals surface area contributed by atoms with Gasteiger partial charge in [-0.3, -0.25) is 0 Å². The second-order valence-electron chi connectivity index (χ2n) is 5.62. The normalized spacial score (nSPS) is 16.9. The molecule has 1 saturated carbocycles. The van der Waals surface area contributed by atoms with Gasteiger partial charge in [0.1, 0.15) is 5.76 Å². The lowest BCUT2D eigenvalue weighted by atomic mass is 9.92. The van der Waals surface area contributed by atoms with Gasteiger partial charge in [-0.05, 0) is 30.5 Å². The Balaban J connectivity index is 2.01. The van der Waals surface area contributed by atoms with Crippen molar-refractivity contribution in [3.05, 3.63) is 34.0 Å². The first-order valence-corrected chi connectivity index (χ1v) is 8.13. The summed E-state index contributed by atoms with van der Waals surface area (Å²) in [4.78, 5) is 0.